The highest BCUT2D eigenvalue weighted by Gasteiger charge is 2.35. The van der Waals surface area contributed by atoms with Gasteiger partial charge in [0.1, 0.15) is 18.4 Å². The molecule has 45 heavy (non-hydrogen) atoms. The zero-order chi connectivity index (χ0) is 31.5. The second-order valence-electron chi connectivity index (χ2n) is 10.8. The number of hydrogen-bond acceptors (Lipinski definition) is 6. The number of ether oxygens (including phenoxy) is 1. The predicted molar refractivity (Wildman–Crippen MR) is 182 cm³/mol. The van der Waals surface area contributed by atoms with E-state index in [4.69, 9.17) is 38.0 Å². The topological polar surface area (TPSA) is 81.1 Å². The molecule has 228 valence electrons. The van der Waals surface area contributed by atoms with Crippen LogP contribution in [0.1, 0.15) is 40.8 Å². The Labute approximate surface area is 276 Å². The Hall–Kier alpha value is -4.24. The van der Waals surface area contributed by atoms with Crippen molar-refractivity contribution in [1.29, 1.82) is 0 Å². The minimum atomic E-state index is -0.562. The van der Waals surface area contributed by atoms with Gasteiger partial charge in [0.2, 0.25) is 11.1 Å². The molecule has 0 fully saturated rings. The van der Waals surface area contributed by atoms with Crippen LogP contribution in [0.3, 0.4) is 0 Å². The smallest absolute Gasteiger partial charge is 0.255 e. The molecule has 6 rings (SSSR count). The van der Waals surface area contributed by atoms with Gasteiger partial charge in [-0.05, 0) is 85.0 Å². The molecule has 0 saturated heterocycles. The van der Waals surface area contributed by atoms with Gasteiger partial charge in [-0.3, -0.25) is 4.79 Å². The largest absolute Gasteiger partial charge is 0.489 e. The quantitative estimate of drug-likeness (QED) is 0.154. The van der Waals surface area contributed by atoms with Crippen LogP contribution in [0.15, 0.2) is 107 Å². The van der Waals surface area contributed by atoms with Gasteiger partial charge in [-0.15, -0.1) is 5.10 Å². The van der Waals surface area contributed by atoms with E-state index in [-0.39, 0.29) is 5.91 Å². The molecule has 0 radical (unpaired) electrons. The molecule has 0 spiro atoms. The normalized spacial score (nSPS) is 14.1. The Morgan fingerprint density at radius 3 is 2.56 bits per heavy atom. The summed E-state index contributed by atoms with van der Waals surface area (Å²) in [4.78, 5) is 18.9. The van der Waals surface area contributed by atoms with Crippen molar-refractivity contribution in [2.45, 2.75) is 44.3 Å². The number of amides is 1. The summed E-state index contributed by atoms with van der Waals surface area (Å²) in [5.41, 5.74) is 6.93. The first-order valence-corrected chi connectivity index (χ1v) is 16.2. The van der Waals surface area contributed by atoms with E-state index in [9.17, 15) is 4.79 Å². The van der Waals surface area contributed by atoms with Crippen molar-refractivity contribution in [3.8, 4) is 5.75 Å². The highest BCUT2D eigenvalue weighted by atomic mass is 35.5. The number of benzene rings is 4. The molecule has 1 atom stereocenters. The van der Waals surface area contributed by atoms with Crippen molar-refractivity contribution in [3.05, 3.63) is 140 Å². The van der Waals surface area contributed by atoms with Crippen molar-refractivity contribution in [2.24, 2.45) is 0 Å². The number of aryl methyl sites for hydroxylation is 1. The van der Waals surface area contributed by atoms with Crippen LogP contribution in [0.5, 0.6) is 5.75 Å². The third-order valence-electron chi connectivity index (χ3n) is 7.74. The molecule has 1 aliphatic heterocycles. The summed E-state index contributed by atoms with van der Waals surface area (Å²) in [6, 6.07) is 28.4. The number of hydrogen-bond donors (Lipinski definition) is 2. The average molecular weight is 657 g/mol. The number of rotatable bonds is 9. The molecule has 1 amide bonds. The monoisotopic (exact) mass is 655 g/mol. The fraction of sp³-hybridized carbons (Fsp3) is 0.171. The fourth-order valence-electron chi connectivity index (χ4n) is 5.15. The van der Waals surface area contributed by atoms with Gasteiger partial charge in [0.25, 0.3) is 5.91 Å². The van der Waals surface area contributed by atoms with E-state index in [0.717, 1.165) is 33.5 Å². The first-order chi connectivity index (χ1) is 21.8. The van der Waals surface area contributed by atoms with E-state index < -0.39 is 6.04 Å². The van der Waals surface area contributed by atoms with E-state index in [1.165, 1.54) is 11.8 Å². The second kappa shape index (κ2) is 13.4. The van der Waals surface area contributed by atoms with E-state index >= 15 is 0 Å². The molecule has 0 saturated carbocycles. The third kappa shape index (κ3) is 6.88. The van der Waals surface area contributed by atoms with E-state index in [1.54, 1.807) is 4.68 Å². The Bertz CT molecular complexity index is 1900. The summed E-state index contributed by atoms with van der Waals surface area (Å²) < 4.78 is 7.94. The standard InChI is InChI=1S/C35H31Cl2N5O2S/c1-21-8-6-13-30(22(21)2)39-33(43)31-23(3)38-34-40-35(45-20-26-9-4-5-12-29(26)37)41-42(34)32(31)25-10-7-11-28(18-25)44-19-24-14-16-27(36)17-15-24/h4-18,32H,19-20H2,1-3H3,(H,39,43)(H,38,40,41). The highest BCUT2D eigenvalue weighted by Crippen LogP contribution is 2.38. The SMILES string of the molecule is CC1=C(C(=O)Nc2cccc(C)c2C)C(c2cccc(OCc3ccc(Cl)cc3)c2)n2nc(SCc3ccccc3Cl)nc2N1. The van der Waals surface area contributed by atoms with Crippen LogP contribution in [0.4, 0.5) is 11.6 Å². The molecule has 0 aliphatic carbocycles. The number of anilines is 2. The molecule has 1 aromatic heterocycles. The molecule has 2 heterocycles. The minimum Gasteiger partial charge on any atom is -0.489 e. The lowest BCUT2D eigenvalue weighted by Gasteiger charge is -2.29. The lowest BCUT2D eigenvalue weighted by atomic mass is 9.94. The van der Waals surface area contributed by atoms with Gasteiger partial charge in [-0.25, -0.2) is 4.68 Å². The molecule has 1 unspecified atom stereocenters. The van der Waals surface area contributed by atoms with Crippen molar-refractivity contribution in [1.82, 2.24) is 14.8 Å². The number of carbonyl (C=O) groups excluding carboxylic acids is 1. The van der Waals surface area contributed by atoms with Gasteiger partial charge in [0.15, 0.2) is 0 Å². The van der Waals surface area contributed by atoms with Crippen LogP contribution in [0.2, 0.25) is 10.0 Å². The minimum absolute atomic E-state index is 0.224. The molecule has 5 aromatic rings. The van der Waals surface area contributed by atoms with Crippen molar-refractivity contribution in [3.63, 3.8) is 0 Å². The van der Waals surface area contributed by atoms with Crippen molar-refractivity contribution in [2.75, 3.05) is 10.6 Å². The maximum atomic E-state index is 14.1. The molecule has 7 nitrogen and oxygen atoms in total. The number of fused-ring (bicyclic) bond motifs is 1. The number of carbonyl (C=O) groups is 1. The molecular formula is C35H31Cl2N5O2S. The van der Waals surface area contributed by atoms with Crippen molar-refractivity contribution < 1.29 is 9.53 Å². The Kier molecular flexibility index (Phi) is 9.16. The van der Waals surface area contributed by atoms with Crippen LogP contribution >= 0.6 is 35.0 Å². The van der Waals surface area contributed by atoms with Gasteiger partial charge in [0.05, 0.1) is 5.57 Å². The zero-order valence-corrected chi connectivity index (χ0v) is 27.3. The number of nitrogens with one attached hydrogen (secondary N) is 2. The zero-order valence-electron chi connectivity index (χ0n) is 25.0. The number of aromatic nitrogens is 3. The Morgan fingerprint density at radius 1 is 0.978 bits per heavy atom. The maximum absolute atomic E-state index is 14.1. The van der Waals surface area contributed by atoms with Crippen LogP contribution in [-0.4, -0.2) is 20.7 Å². The summed E-state index contributed by atoms with van der Waals surface area (Å²) >= 11 is 13.9. The van der Waals surface area contributed by atoms with E-state index in [1.807, 2.05) is 112 Å². The molecular weight excluding hydrogens is 625 g/mol. The summed E-state index contributed by atoms with van der Waals surface area (Å²) in [7, 11) is 0. The van der Waals surface area contributed by atoms with Gasteiger partial charge in [-0.2, -0.15) is 4.98 Å². The Balaban J connectivity index is 1.34. The van der Waals surface area contributed by atoms with E-state index in [2.05, 4.69) is 10.6 Å². The first-order valence-electron chi connectivity index (χ1n) is 14.4. The summed E-state index contributed by atoms with van der Waals surface area (Å²) in [5, 5.41) is 13.3. The summed E-state index contributed by atoms with van der Waals surface area (Å²) in [6.07, 6.45) is 0. The predicted octanol–water partition coefficient (Wildman–Crippen LogP) is 9.00. The average Bonchev–Trinajstić information content (AvgIpc) is 3.44. The molecule has 0 bridgehead atoms. The Morgan fingerprint density at radius 2 is 1.76 bits per heavy atom. The van der Waals surface area contributed by atoms with Crippen LogP contribution in [0, 0.1) is 13.8 Å². The molecule has 1 aliphatic rings. The lowest BCUT2D eigenvalue weighted by Crippen LogP contribution is -2.31. The van der Waals surface area contributed by atoms with Crippen molar-refractivity contribution >= 4 is 52.5 Å². The summed E-state index contributed by atoms with van der Waals surface area (Å²) in [6.45, 7) is 6.29. The van der Waals surface area contributed by atoms with Gasteiger partial charge in [-0.1, -0.05) is 89.6 Å². The van der Waals surface area contributed by atoms with E-state index in [0.29, 0.717) is 50.5 Å². The third-order valence-corrected chi connectivity index (χ3v) is 9.24. The lowest BCUT2D eigenvalue weighted by molar-refractivity contribution is -0.113. The number of thioether (sulfide) groups is 1. The first kappa shape index (κ1) is 30.8. The van der Waals surface area contributed by atoms with Crippen LogP contribution < -0.4 is 15.4 Å². The highest BCUT2D eigenvalue weighted by molar-refractivity contribution is 7.98. The number of nitrogens with zero attached hydrogens (tertiary/aromatic N) is 3. The number of halogens is 2. The molecule has 10 heteroatoms. The van der Waals surface area contributed by atoms with Gasteiger partial charge >= 0.3 is 0 Å². The van der Waals surface area contributed by atoms with Gasteiger partial charge < -0.3 is 15.4 Å². The fourth-order valence-corrected chi connectivity index (χ4v) is 6.39. The maximum Gasteiger partial charge on any atom is 0.255 e. The second-order valence-corrected chi connectivity index (χ2v) is 12.6. The number of allylic oxidation sites excluding steroid dienone is 1. The molecule has 2 N–H and O–H groups in total. The van der Waals surface area contributed by atoms with Crippen LogP contribution in [0.25, 0.3) is 0 Å². The summed E-state index contributed by atoms with van der Waals surface area (Å²) in [5.74, 6) is 1.60. The van der Waals surface area contributed by atoms with Crippen LogP contribution in [-0.2, 0) is 17.2 Å². The molecule has 4 aromatic carbocycles. The van der Waals surface area contributed by atoms with Gasteiger partial charge in [0, 0.05) is 27.2 Å².